The first-order chi connectivity index (χ1) is 14.9. The maximum atomic E-state index is 13.1. The van der Waals surface area contributed by atoms with Gasteiger partial charge >= 0.3 is 12.0 Å². The van der Waals surface area contributed by atoms with E-state index in [0.29, 0.717) is 19.0 Å². The molecule has 3 aromatic rings. The largest absolute Gasteiger partial charge is 0.480 e. The van der Waals surface area contributed by atoms with E-state index in [1.165, 1.54) is 11.8 Å². The number of nitrogens with zero attached hydrogens (tertiary/aromatic N) is 3. The van der Waals surface area contributed by atoms with Gasteiger partial charge in [0.05, 0.1) is 11.0 Å². The number of carbonyl (C=O) groups is 3. The molecule has 1 aliphatic rings. The third-order valence-corrected chi connectivity index (χ3v) is 5.29. The van der Waals surface area contributed by atoms with Crippen LogP contribution in [0.1, 0.15) is 12.5 Å². The van der Waals surface area contributed by atoms with Gasteiger partial charge in [-0.2, -0.15) is 0 Å². The lowest BCUT2D eigenvalue weighted by molar-refractivity contribution is -0.141. The van der Waals surface area contributed by atoms with Crippen LogP contribution in [0.4, 0.5) is 10.7 Å². The van der Waals surface area contributed by atoms with Crippen molar-refractivity contribution in [2.45, 2.75) is 32.0 Å². The Kier molecular flexibility index (Phi) is 5.57. The molecule has 9 nitrogen and oxygen atoms in total. The van der Waals surface area contributed by atoms with Gasteiger partial charge in [0, 0.05) is 19.5 Å². The number of carboxylic acid groups (broad SMARTS) is 1. The molecule has 4 rings (SSSR count). The molecule has 3 amide bonds. The number of benzene rings is 2. The van der Waals surface area contributed by atoms with Gasteiger partial charge in [-0.25, -0.2) is 9.78 Å². The fourth-order valence-electron chi connectivity index (χ4n) is 3.64. The molecule has 2 aromatic carbocycles. The zero-order valence-corrected chi connectivity index (χ0v) is 17.0. The smallest absolute Gasteiger partial charge is 0.325 e. The van der Waals surface area contributed by atoms with Crippen LogP contribution in [0.25, 0.3) is 11.0 Å². The lowest BCUT2D eigenvalue weighted by Gasteiger charge is -2.23. The highest BCUT2D eigenvalue weighted by atomic mass is 16.4. The molecule has 2 atom stereocenters. The number of carboxylic acids is 1. The van der Waals surface area contributed by atoms with E-state index < -0.39 is 30.0 Å². The molecule has 0 aliphatic carbocycles. The summed E-state index contributed by atoms with van der Waals surface area (Å²) in [5, 5.41) is 14.3. The second-order valence-electron chi connectivity index (χ2n) is 7.46. The van der Waals surface area contributed by atoms with Gasteiger partial charge in [-0.15, -0.1) is 0 Å². The molecule has 2 heterocycles. The minimum absolute atomic E-state index is 0.231. The third-order valence-electron chi connectivity index (χ3n) is 5.29. The first-order valence-corrected chi connectivity index (χ1v) is 10.0. The summed E-state index contributed by atoms with van der Waals surface area (Å²) in [6.45, 7) is 2.42. The van der Waals surface area contributed by atoms with Crippen molar-refractivity contribution in [3.63, 3.8) is 0 Å². The summed E-state index contributed by atoms with van der Waals surface area (Å²) >= 11 is 0. The van der Waals surface area contributed by atoms with E-state index in [1.807, 2.05) is 59.2 Å². The summed E-state index contributed by atoms with van der Waals surface area (Å²) in [5.41, 5.74) is 2.59. The van der Waals surface area contributed by atoms with Gasteiger partial charge in [-0.3, -0.25) is 14.5 Å². The fraction of sp³-hybridized carbons (Fsp3) is 0.273. The molecule has 0 saturated carbocycles. The van der Waals surface area contributed by atoms with Crippen LogP contribution in [0.15, 0.2) is 54.6 Å². The maximum Gasteiger partial charge on any atom is 0.325 e. The van der Waals surface area contributed by atoms with E-state index in [9.17, 15) is 14.4 Å². The van der Waals surface area contributed by atoms with Crippen molar-refractivity contribution in [2.24, 2.45) is 0 Å². The van der Waals surface area contributed by atoms with Crippen LogP contribution in [0.2, 0.25) is 0 Å². The number of carbonyl (C=O) groups excluding carboxylic acids is 2. The maximum absolute atomic E-state index is 13.1. The van der Waals surface area contributed by atoms with E-state index in [1.54, 1.807) is 0 Å². The Balaban J connectivity index is 1.54. The number of para-hydroxylation sites is 2. The molecule has 160 valence electrons. The Bertz CT molecular complexity index is 1130. The number of aliphatic carboxylic acids is 1. The highest BCUT2D eigenvalue weighted by molar-refractivity contribution is 5.97. The van der Waals surface area contributed by atoms with Crippen LogP contribution in [0, 0.1) is 0 Å². The van der Waals surface area contributed by atoms with Gasteiger partial charge in [0.25, 0.3) is 0 Å². The number of rotatable bonds is 6. The van der Waals surface area contributed by atoms with Gasteiger partial charge in [0.2, 0.25) is 11.9 Å². The Morgan fingerprint density at radius 2 is 1.74 bits per heavy atom. The number of urea groups is 1. The molecule has 1 aromatic heterocycles. The third kappa shape index (κ3) is 4.20. The van der Waals surface area contributed by atoms with E-state index in [-0.39, 0.29) is 6.42 Å². The molecule has 3 N–H and O–H groups in total. The van der Waals surface area contributed by atoms with Crippen LogP contribution in [-0.2, 0) is 22.6 Å². The van der Waals surface area contributed by atoms with Crippen molar-refractivity contribution in [1.82, 2.24) is 20.2 Å². The molecular formula is C22H23N5O4. The Labute approximate surface area is 178 Å². The van der Waals surface area contributed by atoms with Crippen molar-refractivity contribution in [3.05, 3.63) is 60.2 Å². The number of fused-ring (bicyclic) bond motifs is 3. The fourth-order valence-corrected chi connectivity index (χ4v) is 3.64. The molecule has 0 radical (unpaired) electrons. The van der Waals surface area contributed by atoms with Crippen molar-refractivity contribution in [3.8, 4) is 0 Å². The quantitative estimate of drug-likeness (QED) is 0.561. The second-order valence-corrected chi connectivity index (χ2v) is 7.46. The number of aromatic nitrogens is 2. The zero-order chi connectivity index (χ0) is 22.0. The molecule has 1 aliphatic heterocycles. The summed E-state index contributed by atoms with van der Waals surface area (Å²) in [4.78, 5) is 43.1. The zero-order valence-electron chi connectivity index (χ0n) is 17.0. The van der Waals surface area contributed by atoms with Crippen molar-refractivity contribution in [1.29, 1.82) is 0 Å². The normalized spacial score (nSPS) is 14.7. The predicted molar refractivity (Wildman–Crippen MR) is 115 cm³/mol. The molecule has 9 heteroatoms. The summed E-state index contributed by atoms with van der Waals surface area (Å²) in [5.74, 6) is -1.18. The number of amides is 3. The first kappa shape index (κ1) is 20.4. The number of anilines is 1. The number of imidazole rings is 1. The van der Waals surface area contributed by atoms with E-state index in [4.69, 9.17) is 5.11 Å². The summed E-state index contributed by atoms with van der Waals surface area (Å²) in [7, 11) is 0. The standard InChI is InChI=1S/C22H23N5O4/c1-14(20(29)30)23-19(28)17(13-15-7-3-2-4-8-15)25-22(31)27-12-11-26-18-10-6-5-9-16(18)24-21(26)27/h2-10,14,17H,11-13H2,1H3,(H,23,28)(H,25,31)(H,29,30)/t14-,17+/m1/s1. The monoisotopic (exact) mass is 421 g/mol. The van der Waals surface area contributed by atoms with E-state index in [0.717, 1.165) is 16.6 Å². The van der Waals surface area contributed by atoms with Crippen LogP contribution in [0.3, 0.4) is 0 Å². The average molecular weight is 421 g/mol. The number of hydrogen-bond acceptors (Lipinski definition) is 4. The Morgan fingerprint density at radius 3 is 2.48 bits per heavy atom. The van der Waals surface area contributed by atoms with Gasteiger partial charge in [-0.1, -0.05) is 42.5 Å². The number of hydrogen-bond donors (Lipinski definition) is 3. The lowest BCUT2D eigenvalue weighted by Crippen LogP contribution is -2.54. The SMILES string of the molecule is C[C@@H](NC(=O)[C@H](Cc1ccccc1)NC(=O)N1CCn2c1nc1ccccc12)C(=O)O. The molecule has 0 spiro atoms. The first-order valence-electron chi connectivity index (χ1n) is 10.0. The second kappa shape index (κ2) is 8.47. The molecular weight excluding hydrogens is 398 g/mol. The molecule has 0 bridgehead atoms. The minimum atomic E-state index is -1.15. The van der Waals surface area contributed by atoms with Crippen molar-refractivity contribution >= 4 is 34.9 Å². The molecule has 0 saturated heterocycles. The number of nitrogens with one attached hydrogen (secondary N) is 2. The van der Waals surface area contributed by atoms with Crippen LogP contribution in [0.5, 0.6) is 0 Å². The van der Waals surface area contributed by atoms with Gasteiger partial charge < -0.3 is 20.3 Å². The van der Waals surface area contributed by atoms with Crippen molar-refractivity contribution < 1.29 is 19.5 Å². The Hall–Kier alpha value is -3.88. The highest BCUT2D eigenvalue weighted by Crippen LogP contribution is 2.27. The van der Waals surface area contributed by atoms with Crippen LogP contribution in [-0.4, -0.2) is 51.2 Å². The van der Waals surface area contributed by atoms with Gasteiger partial charge in [-0.05, 0) is 24.6 Å². The minimum Gasteiger partial charge on any atom is -0.480 e. The Morgan fingerprint density at radius 1 is 1.03 bits per heavy atom. The topological polar surface area (TPSA) is 117 Å². The summed E-state index contributed by atoms with van der Waals surface area (Å²) in [6, 6.07) is 14.4. The van der Waals surface area contributed by atoms with E-state index in [2.05, 4.69) is 15.6 Å². The van der Waals surface area contributed by atoms with Gasteiger partial charge in [0.15, 0.2) is 0 Å². The summed E-state index contributed by atoms with van der Waals surface area (Å²) < 4.78 is 1.97. The average Bonchev–Trinajstić information content (AvgIpc) is 3.33. The highest BCUT2D eigenvalue weighted by Gasteiger charge is 2.32. The van der Waals surface area contributed by atoms with Gasteiger partial charge in [0.1, 0.15) is 12.1 Å². The van der Waals surface area contributed by atoms with E-state index >= 15 is 0 Å². The van der Waals surface area contributed by atoms with Crippen LogP contribution < -0.4 is 15.5 Å². The molecule has 31 heavy (non-hydrogen) atoms. The summed E-state index contributed by atoms with van der Waals surface area (Å²) in [6.07, 6.45) is 0.231. The van der Waals surface area contributed by atoms with Crippen LogP contribution >= 0.6 is 0 Å². The predicted octanol–water partition coefficient (Wildman–Crippen LogP) is 1.77. The lowest BCUT2D eigenvalue weighted by atomic mass is 10.1. The molecule has 0 unspecified atom stereocenters. The molecule has 0 fully saturated rings. The van der Waals surface area contributed by atoms with Crippen molar-refractivity contribution in [2.75, 3.05) is 11.4 Å².